The van der Waals surface area contributed by atoms with Crippen molar-refractivity contribution in [3.05, 3.63) is 66.2 Å². The van der Waals surface area contributed by atoms with Crippen LogP contribution in [0.5, 0.6) is 5.75 Å². The van der Waals surface area contributed by atoms with E-state index < -0.39 is 9.05 Å². The summed E-state index contributed by atoms with van der Waals surface area (Å²) in [4.78, 5) is 27.7. The van der Waals surface area contributed by atoms with E-state index in [1.165, 1.54) is 17.7 Å². The van der Waals surface area contributed by atoms with Gasteiger partial charge in [0.15, 0.2) is 0 Å². The fourth-order valence-corrected chi connectivity index (χ4v) is 2.05. The lowest BCUT2D eigenvalue weighted by molar-refractivity contribution is 0.128. The zero-order valence-corrected chi connectivity index (χ0v) is 13.2. The lowest BCUT2D eigenvalue weighted by Crippen LogP contribution is -2.42. The Bertz CT molecular complexity index is 500. The second-order valence-electron chi connectivity index (χ2n) is 4.71. The number of hydrogen-bond acceptors (Lipinski definition) is 5. The van der Waals surface area contributed by atoms with E-state index in [1.54, 1.807) is 18.2 Å². The van der Waals surface area contributed by atoms with Crippen LogP contribution in [0.25, 0.3) is 0 Å². The van der Waals surface area contributed by atoms with E-state index in [0.29, 0.717) is 0 Å². The lowest BCUT2D eigenvalue weighted by atomic mass is 10.2. The van der Waals surface area contributed by atoms with Crippen LogP contribution in [0.15, 0.2) is 60.7 Å². The molecular weight excluding hydrogens is 286 g/mol. The van der Waals surface area contributed by atoms with Crippen LogP contribution in [0.3, 0.4) is 0 Å². The fraction of sp³-hybridized carbons (Fsp3) is 0.200. The van der Waals surface area contributed by atoms with E-state index in [2.05, 4.69) is 47.7 Å². The first kappa shape index (κ1) is 17.3. The molecule has 2 aromatic rings. The number of benzene rings is 2. The third-order valence-electron chi connectivity index (χ3n) is 2.34. The Kier molecular flexibility index (Phi) is 7.07. The van der Waals surface area contributed by atoms with Crippen molar-refractivity contribution in [2.24, 2.45) is 0 Å². The average molecular weight is 307 g/mol. The van der Waals surface area contributed by atoms with Gasteiger partial charge in [0.05, 0.1) is 0 Å². The van der Waals surface area contributed by atoms with Crippen LogP contribution >= 0.6 is 0 Å². The van der Waals surface area contributed by atoms with E-state index in [4.69, 9.17) is 14.4 Å². The molecule has 0 fully saturated rings. The minimum absolute atomic E-state index is 0.242. The average Bonchev–Trinajstić information content (AvgIpc) is 2.39. The molecule has 0 amide bonds. The molecule has 0 bridgehead atoms. The van der Waals surface area contributed by atoms with Gasteiger partial charge in [0.2, 0.25) is 0 Å². The third kappa shape index (κ3) is 8.95. The molecule has 0 saturated heterocycles. The lowest BCUT2D eigenvalue weighted by Gasteiger charge is -2.10. The SMILES string of the molecule is CN(C)Cc1ccccc1.O[Si](O)(O)Oc1ccccc1. The van der Waals surface area contributed by atoms with Gasteiger partial charge in [0.1, 0.15) is 5.75 Å². The summed E-state index contributed by atoms with van der Waals surface area (Å²) in [6.07, 6.45) is 0. The first-order chi connectivity index (χ1) is 9.87. The van der Waals surface area contributed by atoms with Gasteiger partial charge < -0.3 is 23.7 Å². The minimum Gasteiger partial charge on any atom is -0.480 e. The minimum atomic E-state index is -4.40. The summed E-state index contributed by atoms with van der Waals surface area (Å²) in [5.41, 5.74) is 1.37. The number of hydrogen-bond donors (Lipinski definition) is 3. The molecule has 2 rings (SSSR count). The molecule has 0 atom stereocenters. The molecule has 0 heterocycles. The normalized spacial score (nSPS) is 10.8. The molecule has 0 radical (unpaired) electrons. The smallest absolute Gasteiger partial charge is 0.480 e. The van der Waals surface area contributed by atoms with Crippen molar-refractivity contribution in [3.8, 4) is 5.75 Å². The monoisotopic (exact) mass is 307 g/mol. The van der Waals surface area contributed by atoms with Crippen molar-refractivity contribution in [1.82, 2.24) is 4.90 Å². The van der Waals surface area contributed by atoms with Crippen LogP contribution in [-0.4, -0.2) is 42.4 Å². The van der Waals surface area contributed by atoms with Gasteiger partial charge in [-0.3, -0.25) is 0 Å². The molecule has 0 saturated carbocycles. The maximum Gasteiger partial charge on any atom is 0.741 e. The summed E-state index contributed by atoms with van der Waals surface area (Å²) in [5.74, 6) is 0.242. The number of rotatable bonds is 4. The summed E-state index contributed by atoms with van der Waals surface area (Å²) in [5, 5.41) is 0. The Labute approximate surface area is 126 Å². The van der Waals surface area contributed by atoms with Crippen molar-refractivity contribution in [3.63, 3.8) is 0 Å². The maximum atomic E-state index is 8.50. The number of nitrogens with zero attached hydrogens (tertiary/aromatic N) is 1. The molecular formula is C15H21NO4Si. The number of para-hydroxylation sites is 1. The Morgan fingerprint density at radius 1 is 0.857 bits per heavy atom. The van der Waals surface area contributed by atoms with Crippen LogP contribution in [0, 0.1) is 0 Å². The summed E-state index contributed by atoms with van der Waals surface area (Å²) >= 11 is 0. The van der Waals surface area contributed by atoms with Crippen LogP contribution < -0.4 is 4.43 Å². The van der Waals surface area contributed by atoms with E-state index in [-0.39, 0.29) is 5.75 Å². The quantitative estimate of drug-likeness (QED) is 0.741. The van der Waals surface area contributed by atoms with Crippen molar-refractivity contribution in [1.29, 1.82) is 0 Å². The first-order valence-electron chi connectivity index (χ1n) is 6.46. The van der Waals surface area contributed by atoms with Crippen molar-refractivity contribution >= 4 is 9.05 Å². The van der Waals surface area contributed by atoms with E-state index in [1.807, 2.05) is 6.07 Å². The molecule has 0 spiro atoms. The summed E-state index contributed by atoms with van der Waals surface area (Å²) in [7, 11) is -0.245. The summed E-state index contributed by atoms with van der Waals surface area (Å²) < 4.78 is 4.41. The molecule has 0 unspecified atom stereocenters. The molecule has 0 aliphatic heterocycles. The first-order valence-corrected chi connectivity index (χ1v) is 8.21. The standard InChI is InChI=1S/C9H13N.C6H8O4Si/c1-10(2)8-9-6-4-3-5-7-9;7-11(8,9)10-6-4-2-1-3-5-6/h3-7H,8H2,1-2H3;1-5,7-9H. The molecule has 114 valence electrons. The van der Waals surface area contributed by atoms with Gasteiger partial charge in [-0.15, -0.1) is 0 Å². The summed E-state index contributed by atoms with van der Waals surface area (Å²) in [6, 6.07) is 18.6. The Hall–Kier alpha value is -1.70. The van der Waals surface area contributed by atoms with Crippen LogP contribution in [-0.2, 0) is 6.54 Å². The van der Waals surface area contributed by atoms with Crippen LogP contribution in [0.1, 0.15) is 5.56 Å². The van der Waals surface area contributed by atoms with E-state index >= 15 is 0 Å². The maximum absolute atomic E-state index is 8.50. The molecule has 0 aromatic heterocycles. The van der Waals surface area contributed by atoms with Crippen LogP contribution in [0.4, 0.5) is 0 Å². The van der Waals surface area contributed by atoms with Crippen molar-refractivity contribution < 1.29 is 18.8 Å². The van der Waals surface area contributed by atoms with Gasteiger partial charge in [0.25, 0.3) is 0 Å². The van der Waals surface area contributed by atoms with E-state index in [0.717, 1.165) is 6.54 Å². The van der Waals surface area contributed by atoms with Crippen molar-refractivity contribution in [2.45, 2.75) is 6.54 Å². The molecule has 0 aliphatic carbocycles. The fourth-order valence-electron chi connectivity index (χ4n) is 1.60. The van der Waals surface area contributed by atoms with Gasteiger partial charge in [-0.25, -0.2) is 0 Å². The van der Waals surface area contributed by atoms with Gasteiger partial charge in [-0.05, 0) is 31.8 Å². The highest BCUT2D eigenvalue weighted by atomic mass is 28.4. The molecule has 3 N–H and O–H groups in total. The second-order valence-corrected chi connectivity index (χ2v) is 6.06. The Morgan fingerprint density at radius 3 is 1.76 bits per heavy atom. The van der Waals surface area contributed by atoms with Crippen molar-refractivity contribution in [2.75, 3.05) is 14.1 Å². The predicted octanol–water partition coefficient (Wildman–Crippen LogP) is 1.23. The topological polar surface area (TPSA) is 73.2 Å². The molecule has 0 aliphatic rings. The van der Waals surface area contributed by atoms with Crippen LogP contribution in [0.2, 0.25) is 0 Å². The van der Waals surface area contributed by atoms with E-state index in [9.17, 15) is 0 Å². The zero-order valence-electron chi connectivity index (χ0n) is 12.2. The largest absolute Gasteiger partial charge is 0.741 e. The molecule has 6 heteroatoms. The second kappa shape index (κ2) is 8.55. The Balaban J connectivity index is 0.000000211. The molecule has 21 heavy (non-hydrogen) atoms. The highest BCUT2D eigenvalue weighted by Gasteiger charge is 2.33. The molecule has 2 aromatic carbocycles. The van der Waals surface area contributed by atoms with Gasteiger partial charge in [-0.1, -0.05) is 48.5 Å². The highest BCUT2D eigenvalue weighted by molar-refractivity contribution is 6.49. The van der Waals surface area contributed by atoms with Gasteiger partial charge in [-0.2, -0.15) is 0 Å². The molecule has 5 nitrogen and oxygen atoms in total. The predicted molar refractivity (Wildman–Crippen MR) is 83.3 cm³/mol. The third-order valence-corrected chi connectivity index (χ3v) is 2.85. The Morgan fingerprint density at radius 2 is 1.33 bits per heavy atom. The highest BCUT2D eigenvalue weighted by Crippen LogP contribution is 2.10. The van der Waals surface area contributed by atoms with Gasteiger partial charge in [0, 0.05) is 6.54 Å². The zero-order chi connectivity index (χ0) is 15.7. The summed E-state index contributed by atoms with van der Waals surface area (Å²) in [6.45, 7) is 1.03. The van der Waals surface area contributed by atoms with Gasteiger partial charge >= 0.3 is 9.05 Å².